The molecule has 1 aliphatic rings. The minimum atomic E-state index is -0.0350. The van der Waals surface area contributed by atoms with Gasteiger partial charge in [0.1, 0.15) is 5.75 Å². The fourth-order valence-electron chi connectivity index (χ4n) is 3.04. The van der Waals surface area contributed by atoms with E-state index in [-0.39, 0.29) is 5.91 Å². The van der Waals surface area contributed by atoms with Gasteiger partial charge in [0.05, 0.1) is 7.11 Å². The molecule has 4 heteroatoms. The van der Waals surface area contributed by atoms with E-state index in [0.717, 1.165) is 17.7 Å². The minimum Gasteiger partial charge on any atom is -0.496 e. The van der Waals surface area contributed by atoms with E-state index in [1.165, 1.54) is 19.3 Å². The van der Waals surface area contributed by atoms with Crippen molar-refractivity contribution in [1.82, 2.24) is 5.32 Å². The summed E-state index contributed by atoms with van der Waals surface area (Å²) in [5.74, 6) is 2.45. The van der Waals surface area contributed by atoms with Gasteiger partial charge in [0.15, 0.2) is 0 Å². The predicted octanol–water partition coefficient (Wildman–Crippen LogP) is 3.78. The van der Waals surface area contributed by atoms with Crippen LogP contribution in [0.2, 0.25) is 0 Å². The van der Waals surface area contributed by atoms with Crippen molar-refractivity contribution in [1.29, 1.82) is 0 Å². The molecule has 1 fully saturated rings. The molecule has 0 aromatic heterocycles. The summed E-state index contributed by atoms with van der Waals surface area (Å²) in [5.41, 5.74) is 1.68. The van der Waals surface area contributed by atoms with Gasteiger partial charge in [-0.05, 0) is 49.3 Å². The zero-order valence-corrected chi connectivity index (χ0v) is 13.6. The number of ether oxygens (including phenoxy) is 1. The highest BCUT2D eigenvalue weighted by atomic mass is 35.5. The Hall–Kier alpha value is -1.22. The van der Waals surface area contributed by atoms with Crippen LogP contribution in [0.5, 0.6) is 5.75 Å². The van der Waals surface area contributed by atoms with Crippen molar-refractivity contribution < 1.29 is 9.53 Å². The number of hydrogen-bond donors (Lipinski definition) is 1. The number of hydrogen-bond acceptors (Lipinski definition) is 2. The second-order valence-corrected chi connectivity index (χ2v) is 6.16. The Morgan fingerprint density at radius 1 is 1.33 bits per heavy atom. The molecule has 1 aromatic carbocycles. The van der Waals surface area contributed by atoms with Crippen LogP contribution in [-0.2, 0) is 0 Å². The largest absolute Gasteiger partial charge is 0.496 e. The number of carbonyl (C=O) groups excluding carboxylic acids is 1. The van der Waals surface area contributed by atoms with Crippen LogP contribution in [0, 0.1) is 18.8 Å². The molecule has 2 rings (SSSR count). The number of amides is 1. The van der Waals surface area contributed by atoms with E-state index in [9.17, 15) is 4.79 Å². The third kappa shape index (κ3) is 4.13. The average Bonchev–Trinajstić information content (AvgIpc) is 2.53. The number of carbonyl (C=O) groups is 1. The first-order chi connectivity index (χ1) is 10.2. The highest BCUT2D eigenvalue weighted by molar-refractivity contribution is 6.18. The number of halogens is 1. The summed E-state index contributed by atoms with van der Waals surface area (Å²) >= 11 is 6.04. The molecule has 2 unspecified atom stereocenters. The standard InChI is InChI=1S/C17H24ClNO2/c1-12-7-8-13(9-16(12)21-2)17(20)19-11-15-6-4-3-5-14(15)10-18/h7-9,14-15H,3-6,10-11H2,1-2H3,(H,19,20). The molecule has 1 aromatic rings. The summed E-state index contributed by atoms with van der Waals surface area (Å²) in [6, 6.07) is 5.55. The summed E-state index contributed by atoms with van der Waals surface area (Å²) in [6.45, 7) is 2.68. The SMILES string of the molecule is COc1cc(C(=O)NCC2CCCCC2CCl)ccc1C. The fraction of sp³-hybridized carbons (Fsp3) is 0.588. The van der Waals surface area contributed by atoms with Crippen LogP contribution in [0.1, 0.15) is 41.6 Å². The summed E-state index contributed by atoms with van der Waals surface area (Å²) in [5, 5.41) is 3.05. The van der Waals surface area contributed by atoms with E-state index < -0.39 is 0 Å². The zero-order valence-electron chi connectivity index (χ0n) is 12.8. The lowest BCUT2D eigenvalue weighted by molar-refractivity contribution is 0.0936. The van der Waals surface area contributed by atoms with Crippen molar-refractivity contribution in [2.75, 3.05) is 19.5 Å². The third-order valence-electron chi connectivity index (χ3n) is 4.46. The van der Waals surface area contributed by atoms with Gasteiger partial charge < -0.3 is 10.1 Å². The summed E-state index contributed by atoms with van der Waals surface area (Å²) in [4.78, 5) is 12.3. The van der Waals surface area contributed by atoms with Crippen LogP contribution < -0.4 is 10.1 Å². The molecule has 21 heavy (non-hydrogen) atoms. The molecule has 116 valence electrons. The third-order valence-corrected chi connectivity index (χ3v) is 4.86. The molecule has 0 saturated heterocycles. The molecule has 0 spiro atoms. The van der Waals surface area contributed by atoms with Gasteiger partial charge in [-0.1, -0.05) is 18.9 Å². The zero-order chi connectivity index (χ0) is 15.2. The second kappa shape index (κ2) is 7.69. The van der Waals surface area contributed by atoms with Gasteiger partial charge in [0.25, 0.3) is 5.91 Å². The molecule has 3 nitrogen and oxygen atoms in total. The topological polar surface area (TPSA) is 38.3 Å². The van der Waals surface area contributed by atoms with Crippen LogP contribution >= 0.6 is 11.6 Å². The van der Waals surface area contributed by atoms with E-state index >= 15 is 0 Å². The van der Waals surface area contributed by atoms with Crippen molar-refractivity contribution in [2.24, 2.45) is 11.8 Å². The van der Waals surface area contributed by atoms with Crippen LogP contribution in [0.15, 0.2) is 18.2 Å². The van der Waals surface area contributed by atoms with Crippen molar-refractivity contribution >= 4 is 17.5 Å². The maximum atomic E-state index is 12.3. The molecule has 1 saturated carbocycles. The normalized spacial score (nSPS) is 21.9. The minimum absolute atomic E-state index is 0.0350. The van der Waals surface area contributed by atoms with Gasteiger partial charge >= 0.3 is 0 Å². The molecule has 1 aliphatic carbocycles. The molecule has 1 amide bonds. The maximum Gasteiger partial charge on any atom is 0.251 e. The Kier molecular flexibility index (Phi) is 5.92. The van der Waals surface area contributed by atoms with Gasteiger partial charge in [-0.15, -0.1) is 11.6 Å². The molecule has 0 bridgehead atoms. The number of nitrogens with one attached hydrogen (secondary N) is 1. The van der Waals surface area contributed by atoms with Gasteiger partial charge in [-0.2, -0.15) is 0 Å². The lowest BCUT2D eigenvalue weighted by Gasteiger charge is -2.30. The first kappa shape index (κ1) is 16.2. The Morgan fingerprint density at radius 2 is 2.05 bits per heavy atom. The number of rotatable bonds is 5. The van der Waals surface area contributed by atoms with Crippen molar-refractivity contribution in [3.05, 3.63) is 29.3 Å². The average molecular weight is 310 g/mol. The first-order valence-electron chi connectivity index (χ1n) is 7.64. The first-order valence-corrected chi connectivity index (χ1v) is 8.18. The van der Waals surface area contributed by atoms with Gasteiger partial charge in [-0.3, -0.25) is 4.79 Å². The highest BCUT2D eigenvalue weighted by Crippen LogP contribution is 2.30. The van der Waals surface area contributed by atoms with E-state index in [4.69, 9.17) is 16.3 Å². The van der Waals surface area contributed by atoms with Gasteiger partial charge in [0.2, 0.25) is 0 Å². The van der Waals surface area contributed by atoms with Crippen molar-refractivity contribution in [2.45, 2.75) is 32.6 Å². The fourth-order valence-corrected chi connectivity index (χ4v) is 3.45. The van der Waals surface area contributed by atoms with Crippen LogP contribution in [0.4, 0.5) is 0 Å². The van der Waals surface area contributed by atoms with Crippen molar-refractivity contribution in [3.8, 4) is 5.75 Å². The van der Waals surface area contributed by atoms with Gasteiger partial charge in [0, 0.05) is 18.0 Å². The second-order valence-electron chi connectivity index (χ2n) is 5.85. The Balaban J connectivity index is 1.95. The molecule has 1 N–H and O–H groups in total. The van der Waals surface area contributed by atoms with Crippen molar-refractivity contribution in [3.63, 3.8) is 0 Å². The molecule has 0 aliphatic heterocycles. The summed E-state index contributed by atoms with van der Waals surface area (Å²) in [7, 11) is 1.62. The molecular formula is C17H24ClNO2. The van der Waals surface area contributed by atoms with Gasteiger partial charge in [-0.25, -0.2) is 0 Å². The molecule has 2 atom stereocenters. The Morgan fingerprint density at radius 3 is 2.71 bits per heavy atom. The number of benzene rings is 1. The maximum absolute atomic E-state index is 12.3. The van der Waals surface area contributed by atoms with E-state index in [1.807, 2.05) is 19.1 Å². The summed E-state index contributed by atoms with van der Waals surface area (Å²) < 4.78 is 5.27. The number of methoxy groups -OCH3 is 1. The highest BCUT2D eigenvalue weighted by Gasteiger charge is 2.24. The van der Waals surface area contributed by atoms with Crippen LogP contribution in [0.3, 0.4) is 0 Å². The van der Waals surface area contributed by atoms with Crippen LogP contribution in [-0.4, -0.2) is 25.4 Å². The molecule has 0 radical (unpaired) electrons. The summed E-state index contributed by atoms with van der Waals surface area (Å²) in [6.07, 6.45) is 4.85. The Bertz CT molecular complexity index is 490. The van der Waals surface area contributed by atoms with E-state index in [2.05, 4.69) is 5.32 Å². The lowest BCUT2D eigenvalue weighted by Crippen LogP contribution is -2.34. The number of aryl methyl sites for hydroxylation is 1. The van der Waals surface area contributed by atoms with Crippen LogP contribution in [0.25, 0.3) is 0 Å². The molecular weight excluding hydrogens is 286 g/mol. The Labute approximate surface area is 132 Å². The quantitative estimate of drug-likeness (QED) is 0.841. The lowest BCUT2D eigenvalue weighted by atomic mass is 9.80. The van der Waals surface area contributed by atoms with E-state index in [0.29, 0.717) is 29.8 Å². The number of alkyl halides is 1. The van der Waals surface area contributed by atoms with E-state index in [1.54, 1.807) is 13.2 Å². The smallest absolute Gasteiger partial charge is 0.251 e. The predicted molar refractivity (Wildman–Crippen MR) is 86.2 cm³/mol. The monoisotopic (exact) mass is 309 g/mol. The molecule has 0 heterocycles.